The van der Waals surface area contributed by atoms with Crippen LogP contribution in [0.2, 0.25) is 0 Å². The van der Waals surface area contributed by atoms with Crippen LogP contribution >= 0.6 is 0 Å². The third-order valence-corrected chi connectivity index (χ3v) is 6.24. The van der Waals surface area contributed by atoms with Crippen LogP contribution in [0.1, 0.15) is 98.8 Å². The number of methoxy groups -OCH3 is 1. The Kier molecular flexibility index (Phi) is 15.5. The van der Waals surface area contributed by atoms with Crippen molar-refractivity contribution in [3.05, 3.63) is 24.3 Å². The number of rotatable bonds is 11. The van der Waals surface area contributed by atoms with Gasteiger partial charge in [0.05, 0.1) is 13.2 Å². The molecule has 2 aliphatic carbocycles. The summed E-state index contributed by atoms with van der Waals surface area (Å²) in [5, 5.41) is 10.4. The second-order valence-electron chi connectivity index (χ2n) is 8.16. The van der Waals surface area contributed by atoms with E-state index in [4.69, 9.17) is 0 Å². The molecule has 2 aliphatic rings. The molecule has 2 rings (SSSR count). The lowest BCUT2D eigenvalue weighted by Gasteiger charge is -2.42. The Morgan fingerprint density at radius 1 is 1.23 bits per heavy atom. The van der Waals surface area contributed by atoms with Crippen molar-refractivity contribution in [2.24, 2.45) is 17.3 Å². The minimum Gasteiger partial charge on any atom is -0.469 e. The summed E-state index contributed by atoms with van der Waals surface area (Å²) in [5.74, 6) is 0.388. The summed E-state index contributed by atoms with van der Waals surface area (Å²) in [7, 11) is 1.41. The monoisotopic (exact) mass is 422 g/mol. The summed E-state index contributed by atoms with van der Waals surface area (Å²) in [5.41, 5.74) is 0.133. The van der Waals surface area contributed by atoms with E-state index in [9.17, 15) is 14.7 Å². The van der Waals surface area contributed by atoms with Gasteiger partial charge in [-0.25, -0.2) is 0 Å². The second kappa shape index (κ2) is 16.3. The van der Waals surface area contributed by atoms with Crippen molar-refractivity contribution in [2.45, 2.75) is 105 Å². The largest absolute Gasteiger partial charge is 0.469 e. The van der Waals surface area contributed by atoms with Crippen LogP contribution in [0, 0.1) is 17.3 Å². The predicted octanol–water partition coefficient (Wildman–Crippen LogP) is 6.42. The number of aliphatic hydroxyl groups is 1. The van der Waals surface area contributed by atoms with Crippen molar-refractivity contribution in [2.75, 3.05) is 7.11 Å². The first-order valence-electron chi connectivity index (χ1n) is 12.1. The molecule has 174 valence electrons. The number of unbranched alkanes of at least 4 members (excludes halogenated alkanes) is 1. The maximum atomic E-state index is 12.1. The molecule has 0 amide bonds. The maximum Gasteiger partial charge on any atom is 0.305 e. The van der Waals surface area contributed by atoms with Gasteiger partial charge >= 0.3 is 5.97 Å². The molecule has 3 atom stereocenters. The average molecular weight is 423 g/mol. The quantitative estimate of drug-likeness (QED) is 0.237. The third-order valence-electron chi connectivity index (χ3n) is 6.24. The Morgan fingerprint density at radius 2 is 1.90 bits per heavy atom. The Balaban J connectivity index is 0.00000198. The van der Waals surface area contributed by atoms with Crippen LogP contribution in [0.15, 0.2) is 24.3 Å². The van der Waals surface area contributed by atoms with Crippen LogP contribution in [-0.2, 0) is 14.3 Å². The first kappa shape index (κ1) is 28.6. The summed E-state index contributed by atoms with van der Waals surface area (Å²) in [4.78, 5) is 23.2. The van der Waals surface area contributed by atoms with Gasteiger partial charge in [-0.1, -0.05) is 65.7 Å². The van der Waals surface area contributed by atoms with Crippen LogP contribution in [0.4, 0.5) is 0 Å². The Labute approximate surface area is 185 Å². The number of carbonyl (C=O) groups is 2. The highest BCUT2D eigenvalue weighted by molar-refractivity contribution is 5.94. The van der Waals surface area contributed by atoms with E-state index in [1.807, 2.05) is 27.7 Å². The van der Waals surface area contributed by atoms with Gasteiger partial charge in [-0.3, -0.25) is 9.59 Å². The molecular formula is C26H46O4. The van der Waals surface area contributed by atoms with Crippen molar-refractivity contribution in [1.82, 2.24) is 0 Å². The molecule has 30 heavy (non-hydrogen) atoms. The van der Waals surface area contributed by atoms with E-state index in [-0.39, 0.29) is 29.2 Å². The summed E-state index contributed by atoms with van der Waals surface area (Å²) in [6.45, 7) is 10.2. The van der Waals surface area contributed by atoms with Crippen LogP contribution in [0.3, 0.4) is 0 Å². The standard InChI is InChI=1S/C22H34O4.2C2H6/c1-22(15-8-16-22)20(24)11-7-9-17-13-14-19(23)18(17)10-5-3-4-6-12-21(25)26-2;2*1-2/h3,5,13-14,17-18,20,24H,4,6-12,15-16H2,1-2H3;2*1-2H3/b5-3-;;/t17-,18+,20?;;/m0../s1. The first-order chi connectivity index (χ1) is 14.5. The molecular weight excluding hydrogens is 376 g/mol. The van der Waals surface area contributed by atoms with E-state index in [0.717, 1.165) is 51.4 Å². The van der Waals surface area contributed by atoms with E-state index in [2.05, 4.69) is 29.9 Å². The molecule has 0 saturated heterocycles. The van der Waals surface area contributed by atoms with Crippen LogP contribution < -0.4 is 0 Å². The van der Waals surface area contributed by atoms with Crippen molar-refractivity contribution in [3.63, 3.8) is 0 Å². The number of aliphatic hydroxyl groups excluding tert-OH is 1. The molecule has 4 nitrogen and oxygen atoms in total. The van der Waals surface area contributed by atoms with E-state index >= 15 is 0 Å². The maximum absolute atomic E-state index is 12.1. The first-order valence-corrected chi connectivity index (χ1v) is 12.1. The summed E-state index contributed by atoms with van der Waals surface area (Å²) >= 11 is 0. The zero-order valence-corrected chi connectivity index (χ0v) is 20.3. The van der Waals surface area contributed by atoms with Gasteiger partial charge in [-0.05, 0) is 62.4 Å². The molecule has 0 radical (unpaired) electrons. The van der Waals surface area contributed by atoms with Crippen molar-refractivity contribution < 1.29 is 19.4 Å². The Morgan fingerprint density at radius 3 is 2.47 bits per heavy atom. The highest BCUT2D eigenvalue weighted by Crippen LogP contribution is 2.45. The zero-order chi connectivity index (χ0) is 23.0. The zero-order valence-electron chi connectivity index (χ0n) is 20.3. The molecule has 1 fully saturated rings. The van der Waals surface area contributed by atoms with E-state index < -0.39 is 0 Å². The molecule has 0 aromatic rings. The topological polar surface area (TPSA) is 63.6 Å². The highest BCUT2D eigenvalue weighted by atomic mass is 16.5. The van der Waals surface area contributed by atoms with E-state index in [0.29, 0.717) is 12.3 Å². The summed E-state index contributed by atoms with van der Waals surface area (Å²) < 4.78 is 4.62. The highest BCUT2D eigenvalue weighted by Gasteiger charge is 2.38. The molecule has 4 heteroatoms. The molecule has 0 aliphatic heterocycles. The Hall–Kier alpha value is -1.42. The third kappa shape index (κ3) is 9.59. The lowest BCUT2D eigenvalue weighted by Crippen LogP contribution is -2.38. The van der Waals surface area contributed by atoms with Crippen molar-refractivity contribution in [1.29, 1.82) is 0 Å². The van der Waals surface area contributed by atoms with Gasteiger partial charge in [0.1, 0.15) is 0 Å². The fourth-order valence-corrected chi connectivity index (χ4v) is 4.07. The van der Waals surface area contributed by atoms with Gasteiger partial charge in [0, 0.05) is 12.3 Å². The number of hydrogen-bond acceptors (Lipinski definition) is 4. The van der Waals surface area contributed by atoms with Crippen LogP contribution in [0.25, 0.3) is 0 Å². The lowest BCUT2D eigenvalue weighted by atomic mass is 9.65. The van der Waals surface area contributed by atoms with E-state index in [1.54, 1.807) is 6.08 Å². The number of ether oxygens (including phenoxy) is 1. The molecule has 0 aromatic carbocycles. The average Bonchev–Trinajstić information content (AvgIpc) is 3.10. The number of carbonyl (C=O) groups excluding carboxylic acids is 2. The second-order valence-corrected chi connectivity index (χ2v) is 8.16. The SMILES string of the molecule is CC.CC.COC(=O)CCC/C=C\C[C@H]1C(=O)C=C[C@@H]1CCCC(O)C1(C)CCC1. The van der Waals surface area contributed by atoms with Crippen molar-refractivity contribution >= 4 is 11.8 Å². The molecule has 0 heterocycles. The van der Waals surface area contributed by atoms with Gasteiger partial charge in [-0.2, -0.15) is 0 Å². The van der Waals surface area contributed by atoms with Gasteiger partial charge in [0.2, 0.25) is 0 Å². The number of allylic oxidation sites excluding steroid dienone is 4. The predicted molar refractivity (Wildman–Crippen MR) is 125 cm³/mol. The molecule has 1 unspecified atom stereocenters. The number of hydrogen-bond donors (Lipinski definition) is 1. The minimum absolute atomic E-state index is 0.0447. The normalized spacial score (nSPS) is 22.4. The van der Waals surface area contributed by atoms with Gasteiger partial charge in [0.15, 0.2) is 5.78 Å². The molecule has 0 spiro atoms. The van der Waals surface area contributed by atoms with Crippen molar-refractivity contribution in [3.8, 4) is 0 Å². The lowest BCUT2D eigenvalue weighted by molar-refractivity contribution is -0.140. The number of ketones is 1. The molecule has 1 saturated carbocycles. The minimum atomic E-state index is -0.203. The van der Waals surface area contributed by atoms with Gasteiger partial charge in [0.25, 0.3) is 0 Å². The fourth-order valence-electron chi connectivity index (χ4n) is 4.07. The van der Waals surface area contributed by atoms with E-state index in [1.165, 1.54) is 13.5 Å². The fraction of sp³-hybridized carbons (Fsp3) is 0.769. The summed E-state index contributed by atoms with van der Waals surface area (Å²) in [6.07, 6.45) is 16.8. The Bertz CT molecular complexity index is 531. The van der Waals surface area contributed by atoms with Crippen LogP contribution in [0.5, 0.6) is 0 Å². The molecule has 0 bridgehead atoms. The van der Waals surface area contributed by atoms with Gasteiger partial charge < -0.3 is 9.84 Å². The van der Waals surface area contributed by atoms with Crippen LogP contribution in [-0.4, -0.2) is 30.1 Å². The summed E-state index contributed by atoms with van der Waals surface area (Å²) in [6, 6.07) is 0. The molecule has 1 N–H and O–H groups in total. The smallest absolute Gasteiger partial charge is 0.305 e. The van der Waals surface area contributed by atoms with Gasteiger partial charge in [-0.15, -0.1) is 0 Å². The number of esters is 1. The molecule has 0 aromatic heterocycles.